The minimum absolute atomic E-state index is 0.162. The van der Waals surface area contributed by atoms with Crippen LogP contribution >= 0.6 is 15.9 Å². The maximum atomic E-state index is 14.2. The van der Waals surface area contributed by atoms with Crippen molar-refractivity contribution in [3.63, 3.8) is 0 Å². The van der Waals surface area contributed by atoms with Gasteiger partial charge in [-0.25, -0.2) is 4.39 Å². The van der Waals surface area contributed by atoms with E-state index in [4.69, 9.17) is 0 Å². The van der Waals surface area contributed by atoms with Crippen molar-refractivity contribution in [1.29, 1.82) is 0 Å². The number of nitrogens with one attached hydrogen (secondary N) is 2. The highest BCUT2D eigenvalue weighted by atomic mass is 79.9. The zero-order chi connectivity index (χ0) is 17.3. The van der Waals surface area contributed by atoms with E-state index >= 15 is 0 Å². The number of rotatable bonds is 4. The number of halogens is 2. The van der Waals surface area contributed by atoms with Gasteiger partial charge in [0.1, 0.15) is 5.82 Å². The van der Waals surface area contributed by atoms with Crippen molar-refractivity contribution in [3.8, 4) is 0 Å². The fourth-order valence-corrected chi connectivity index (χ4v) is 3.28. The summed E-state index contributed by atoms with van der Waals surface area (Å²) < 4.78 is 14.9. The van der Waals surface area contributed by atoms with Crippen molar-refractivity contribution in [3.05, 3.63) is 63.3 Å². The van der Waals surface area contributed by atoms with Crippen molar-refractivity contribution in [2.75, 3.05) is 6.54 Å². The minimum Gasteiger partial charge on any atom is -0.356 e. The molecule has 0 aliphatic heterocycles. The van der Waals surface area contributed by atoms with Gasteiger partial charge in [0, 0.05) is 34.5 Å². The van der Waals surface area contributed by atoms with Crippen molar-refractivity contribution in [2.45, 2.75) is 20.3 Å². The number of H-pyrrole nitrogens is 1. The zero-order valence-electron chi connectivity index (χ0n) is 13.4. The molecule has 1 amide bonds. The predicted molar refractivity (Wildman–Crippen MR) is 95.7 cm³/mol. The molecule has 124 valence electrons. The number of hydrogen-bond donors (Lipinski definition) is 2. The molecule has 2 heterocycles. The third-order valence-electron chi connectivity index (χ3n) is 4.13. The van der Waals surface area contributed by atoms with Crippen LogP contribution in [0.1, 0.15) is 27.2 Å². The smallest absolute Gasteiger partial charge is 0.252 e. The molecule has 3 aromatic rings. The van der Waals surface area contributed by atoms with Crippen molar-refractivity contribution in [2.24, 2.45) is 0 Å². The average Bonchev–Trinajstić information content (AvgIpc) is 2.91. The molecule has 2 N–H and O–H groups in total. The minimum atomic E-state index is -0.281. The van der Waals surface area contributed by atoms with Crippen molar-refractivity contribution < 1.29 is 9.18 Å². The summed E-state index contributed by atoms with van der Waals surface area (Å²) in [7, 11) is 0. The normalized spacial score (nSPS) is 11.0. The van der Waals surface area contributed by atoms with E-state index in [9.17, 15) is 9.18 Å². The fourth-order valence-electron chi connectivity index (χ4n) is 2.88. The largest absolute Gasteiger partial charge is 0.356 e. The number of benzene rings is 1. The van der Waals surface area contributed by atoms with Gasteiger partial charge in [0.05, 0.1) is 11.1 Å². The number of aryl methyl sites for hydroxylation is 2. The molecule has 3 rings (SSSR count). The van der Waals surface area contributed by atoms with Gasteiger partial charge in [-0.2, -0.15) is 0 Å². The average molecular weight is 390 g/mol. The van der Waals surface area contributed by atoms with Gasteiger partial charge in [0.15, 0.2) is 0 Å². The lowest BCUT2D eigenvalue weighted by atomic mass is 10.0. The number of amides is 1. The summed E-state index contributed by atoms with van der Waals surface area (Å²) in [5.74, 6) is -0.444. The Kier molecular flexibility index (Phi) is 4.66. The summed E-state index contributed by atoms with van der Waals surface area (Å²) >= 11 is 3.40. The topological polar surface area (TPSA) is 57.8 Å². The molecule has 0 atom stereocenters. The lowest BCUT2D eigenvalue weighted by Gasteiger charge is -2.08. The summed E-state index contributed by atoms with van der Waals surface area (Å²) in [6, 6.07) is 4.92. The van der Waals surface area contributed by atoms with Gasteiger partial charge in [-0.15, -0.1) is 0 Å². The van der Waals surface area contributed by atoms with Gasteiger partial charge < -0.3 is 10.3 Å². The molecule has 0 saturated heterocycles. The Morgan fingerprint density at radius 2 is 2.21 bits per heavy atom. The Bertz CT molecular complexity index is 906. The van der Waals surface area contributed by atoms with Crippen LogP contribution < -0.4 is 5.32 Å². The van der Waals surface area contributed by atoms with E-state index in [-0.39, 0.29) is 11.7 Å². The number of fused-ring (bicyclic) bond motifs is 1. The molecule has 1 aromatic carbocycles. The molecule has 4 nitrogen and oxygen atoms in total. The highest BCUT2D eigenvalue weighted by Gasteiger charge is 2.16. The van der Waals surface area contributed by atoms with Crippen LogP contribution in [-0.2, 0) is 6.42 Å². The number of nitrogens with zero attached hydrogens (tertiary/aromatic N) is 1. The second-order valence-corrected chi connectivity index (χ2v) is 6.55. The number of aromatic nitrogens is 2. The van der Waals surface area contributed by atoms with Crippen LogP contribution in [0.3, 0.4) is 0 Å². The molecule has 0 saturated carbocycles. The third kappa shape index (κ3) is 3.06. The van der Waals surface area contributed by atoms with Gasteiger partial charge >= 0.3 is 0 Å². The second-order valence-electron chi connectivity index (χ2n) is 5.69. The summed E-state index contributed by atoms with van der Waals surface area (Å²) in [6.07, 6.45) is 3.78. The molecule has 0 spiro atoms. The van der Waals surface area contributed by atoms with Crippen LogP contribution in [0.5, 0.6) is 0 Å². The Balaban J connectivity index is 1.81. The quantitative estimate of drug-likeness (QED) is 0.706. The lowest BCUT2D eigenvalue weighted by molar-refractivity contribution is 0.0954. The van der Waals surface area contributed by atoms with Crippen LogP contribution in [0.25, 0.3) is 10.9 Å². The summed E-state index contributed by atoms with van der Waals surface area (Å²) in [6.45, 7) is 4.34. The van der Waals surface area contributed by atoms with Crippen LogP contribution in [0.2, 0.25) is 0 Å². The maximum Gasteiger partial charge on any atom is 0.252 e. The van der Waals surface area contributed by atoms with Crippen molar-refractivity contribution in [1.82, 2.24) is 15.3 Å². The van der Waals surface area contributed by atoms with E-state index < -0.39 is 0 Å². The first kappa shape index (κ1) is 16.6. The van der Waals surface area contributed by atoms with E-state index in [1.54, 1.807) is 18.3 Å². The van der Waals surface area contributed by atoms with E-state index in [0.717, 1.165) is 26.7 Å². The van der Waals surface area contributed by atoms with Gasteiger partial charge in [0.25, 0.3) is 5.91 Å². The molecular formula is C18H17BrFN3O. The Hall–Kier alpha value is -2.21. The van der Waals surface area contributed by atoms with Gasteiger partial charge in [-0.1, -0.05) is 15.9 Å². The van der Waals surface area contributed by atoms with E-state index in [1.165, 1.54) is 12.3 Å². The molecular weight excluding hydrogens is 373 g/mol. The Morgan fingerprint density at radius 3 is 2.92 bits per heavy atom. The molecule has 6 heteroatoms. The molecule has 0 bridgehead atoms. The molecule has 0 unspecified atom stereocenters. The van der Waals surface area contributed by atoms with Crippen LogP contribution in [-0.4, -0.2) is 22.4 Å². The number of hydrogen-bond acceptors (Lipinski definition) is 2. The first-order chi connectivity index (χ1) is 11.5. The zero-order valence-corrected chi connectivity index (χ0v) is 15.0. The van der Waals surface area contributed by atoms with E-state index in [2.05, 4.69) is 31.2 Å². The lowest BCUT2D eigenvalue weighted by Crippen LogP contribution is -2.25. The SMILES string of the molecule is Cc1[nH]c2c(F)cc(Br)c(C)c2c1CCNC(=O)c1cccnc1. The Labute approximate surface area is 147 Å². The van der Waals surface area contributed by atoms with Gasteiger partial charge in [-0.3, -0.25) is 9.78 Å². The molecule has 0 aliphatic rings. The van der Waals surface area contributed by atoms with E-state index in [1.807, 2.05) is 13.8 Å². The standard InChI is InChI=1S/C18H17BrFN3O/c1-10-14(19)8-15(20)17-16(10)13(11(2)23-17)5-7-22-18(24)12-4-3-6-21-9-12/h3-4,6,8-9,23H,5,7H2,1-2H3,(H,22,24). The number of carbonyl (C=O) groups is 1. The summed E-state index contributed by atoms with van der Waals surface area (Å²) in [5, 5.41) is 3.76. The van der Waals surface area contributed by atoms with E-state index in [0.29, 0.717) is 24.0 Å². The summed E-state index contributed by atoms with van der Waals surface area (Å²) in [4.78, 5) is 19.1. The van der Waals surface area contributed by atoms with Crippen molar-refractivity contribution >= 4 is 32.7 Å². The van der Waals surface area contributed by atoms with Gasteiger partial charge in [0.2, 0.25) is 0 Å². The molecule has 0 radical (unpaired) electrons. The fraction of sp³-hybridized carbons (Fsp3) is 0.222. The first-order valence-electron chi connectivity index (χ1n) is 7.63. The first-order valence-corrected chi connectivity index (χ1v) is 8.42. The van der Waals surface area contributed by atoms with Crippen LogP contribution in [0.15, 0.2) is 35.1 Å². The molecule has 2 aromatic heterocycles. The number of aromatic amines is 1. The van der Waals surface area contributed by atoms with Crippen LogP contribution in [0.4, 0.5) is 4.39 Å². The van der Waals surface area contributed by atoms with Crippen LogP contribution in [0, 0.1) is 19.7 Å². The molecule has 0 aliphatic carbocycles. The highest BCUT2D eigenvalue weighted by molar-refractivity contribution is 9.10. The predicted octanol–water partition coefficient (Wildman–Crippen LogP) is 4.05. The third-order valence-corrected chi connectivity index (χ3v) is 4.95. The molecule has 24 heavy (non-hydrogen) atoms. The monoisotopic (exact) mass is 389 g/mol. The summed E-state index contributed by atoms with van der Waals surface area (Å²) in [5.41, 5.74) is 3.97. The van der Waals surface area contributed by atoms with Gasteiger partial charge in [-0.05, 0) is 49.6 Å². The Morgan fingerprint density at radius 1 is 1.42 bits per heavy atom. The number of carbonyl (C=O) groups excluding carboxylic acids is 1. The highest BCUT2D eigenvalue weighted by Crippen LogP contribution is 2.32. The molecule has 0 fully saturated rings. The maximum absolute atomic E-state index is 14.2. The number of pyridine rings is 1. The second kappa shape index (κ2) is 6.73.